The lowest BCUT2D eigenvalue weighted by Gasteiger charge is -2.20. The number of hydrogen-bond acceptors (Lipinski definition) is 6. The molecule has 2 aliphatic heterocycles. The quantitative estimate of drug-likeness (QED) is 0.221. The van der Waals surface area contributed by atoms with Gasteiger partial charge in [-0.15, -0.1) is 0 Å². The predicted molar refractivity (Wildman–Crippen MR) is 161 cm³/mol. The highest BCUT2D eigenvalue weighted by Gasteiger charge is 2.35. The molecule has 0 unspecified atom stereocenters. The lowest BCUT2D eigenvalue weighted by Crippen LogP contribution is -2.35. The number of amidine groups is 2. The average molecular weight is 547 g/mol. The van der Waals surface area contributed by atoms with Gasteiger partial charge >= 0.3 is 0 Å². The van der Waals surface area contributed by atoms with E-state index in [1.54, 1.807) is 6.08 Å². The maximum absolute atomic E-state index is 12.7. The summed E-state index contributed by atoms with van der Waals surface area (Å²) in [6.07, 6.45) is 8.45. The summed E-state index contributed by atoms with van der Waals surface area (Å²) in [6.45, 7) is 9.61. The van der Waals surface area contributed by atoms with Gasteiger partial charge in [-0.05, 0) is 71.5 Å². The fourth-order valence-corrected chi connectivity index (χ4v) is 5.14. The van der Waals surface area contributed by atoms with Crippen LogP contribution in [0, 0.1) is 5.41 Å². The molecule has 1 N–H and O–H groups in total. The Balaban J connectivity index is 1.28. The smallest absolute Gasteiger partial charge is 0.283 e. The Morgan fingerprint density at radius 2 is 1.54 bits per heavy atom. The molecule has 2 aromatic carbocycles. The summed E-state index contributed by atoms with van der Waals surface area (Å²) < 4.78 is 11.6. The molecule has 0 atom stereocenters. The van der Waals surface area contributed by atoms with Crippen molar-refractivity contribution in [3.05, 3.63) is 65.2 Å². The van der Waals surface area contributed by atoms with Gasteiger partial charge in [-0.3, -0.25) is 10.2 Å². The summed E-state index contributed by atoms with van der Waals surface area (Å²) in [5.74, 6) is 1.18. The maximum Gasteiger partial charge on any atom is 0.283 e. The van der Waals surface area contributed by atoms with Crippen molar-refractivity contribution in [2.24, 2.45) is 10.1 Å². The number of hydrogen-bond donors (Lipinski definition) is 1. The lowest BCUT2D eigenvalue weighted by molar-refractivity contribution is -0.114. The lowest BCUT2D eigenvalue weighted by atomic mass is 9.87. The first kappa shape index (κ1) is 28.6. The van der Waals surface area contributed by atoms with E-state index in [4.69, 9.17) is 14.9 Å². The van der Waals surface area contributed by atoms with E-state index in [-0.39, 0.29) is 16.8 Å². The Morgan fingerprint density at radius 1 is 0.923 bits per heavy atom. The van der Waals surface area contributed by atoms with Gasteiger partial charge in [0.25, 0.3) is 5.91 Å². The van der Waals surface area contributed by atoms with Crippen LogP contribution in [0.25, 0.3) is 6.08 Å². The van der Waals surface area contributed by atoms with Gasteiger partial charge in [0.1, 0.15) is 29.8 Å². The standard InChI is InChI=1S/C31H38N4O3S/c1-5-6-7-8-9-10-27-34-35-28(32)26(29(36)33-30(35)39-27)21-22-11-15-24(16-12-22)37-19-20-38-25-17-13-23(14-18-25)31(2,3)4/h11-18,21,32H,5-10,19-20H2,1-4H3/b26-21-,32-28?. The van der Waals surface area contributed by atoms with Crippen LogP contribution in [0.3, 0.4) is 0 Å². The molecule has 0 spiro atoms. The molecule has 2 heterocycles. The SMILES string of the molecule is CCCCCCCC1=NN2C(=N)/C(=C/c3ccc(OCCOc4ccc(C(C)(C)C)cc4)cc3)C(=O)N=C2S1. The molecule has 0 aliphatic carbocycles. The van der Waals surface area contributed by atoms with Gasteiger partial charge in [-0.2, -0.15) is 15.1 Å². The van der Waals surface area contributed by atoms with Crippen molar-refractivity contribution < 1.29 is 14.3 Å². The third-order valence-electron chi connectivity index (χ3n) is 6.52. The first-order valence-corrected chi connectivity index (χ1v) is 14.5. The zero-order chi connectivity index (χ0) is 27.8. The van der Waals surface area contributed by atoms with Crippen LogP contribution in [0.2, 0.25) is 0 Å². The Labute approximate surface area is 235 Å². The number of rotatable bonds is 12. The number of nitrogens with zero attached hydrogens (tertiary/aromatic N) is 3. The van der Waals surface area contributed by atoms with Crippen molar-refractivity contribution in [2.45, 2.75) is 71.6 Å². The van der Waals surface area contributed by atoms with Crippen LogP contribution >= 0.6 is 11.8 Å². The van der Waals surface area contributed by atoms with Gasteiger partial charge in [0.15, 0.2) is 5.84 Å². The number of unbranched alkanes of at least 4 members (excludes halogenated alkanes) is 4. The number of benzene rings is 2. The summed E-state index contributed by atoms with van der Waals surface area (Å²) in [7, 11) is 0. The molecule has 0 radical (unpaired) electrons. The monoisotopic (exact) mass is 546 g/mol. The summed E-state index contributed by atoms with van der Waals surface area (Å²) in [4.78, 5) is 16.9. The van der Waals surface area contributed by atoms with Crippen molar-refractivity contribution in [3.63, 3.8) is 0 Å². The Morgan fingerprint density at radius 3 is 2.15 bits per heavy atom. The number of carbonyl (C=O) groups excluding carboxylic acids is 1. The molecule has 0 saturated carbocycles. The first-order chi connectivity index (χ1) is 18.7. The zero-order valence-electron chi connectivity index (χ0n) is 23.3. The third-order valence-corrected chi connectivity index (χ3v) is 7.49. The van der Waals surface area contributed by atoms with Crippen molar-refractivity contribution in [1.29, 1.82) is 5.41 Å². The van der Waals surface area contributed by atoms with E-state index in [1.165, 1.54) is 48.0 Å². The van der Waals surface area contributed by atoms with Crippen molar-refractivity contribution in [2.75, 3.05) is 13.2 Å². The molecule has 2 aliphatic rings. The van der Waals surface area contributed by atoms with Gasteiger partial charge in [-0.25, -0.2) is 0 Å². The molecule has 39 heavy (non-hydrogen) atoms. The van der Waals surface area contributed by atoms with Gasteiger partial charge in [0.05, 0.1) is 5.57 Å². The van der Waals surface area contributed by atoms with Crippen LogP contribution in [-0.4, -0.2) is 40.2 Å². The predicted octanol–water partition coefficient (Wildman–Crippen LogP) is 7.42. The summed E-state index contributed by atoms with van der Waals surface area (Å²) in [6, 6.07) is 15.6. The van der Waals surface area contributed by atoms with Gasteiger partial charge in [-0.1, -0.05) is 77.6 Å². The fraction of sp³-hybridized carbons (Fsp3) is 0.419. The van der Waals surface area contributed by atoms with E-state index in [1.807, 2.05) is 36.4 Å². The maximum atomic E-state index is 12.7. The zero-order valence-corrected chi connectivity index (χ0v) is 24.1. The molecule has 2 aromatic rings. The van der Waals surface area contributed by atoms with Crippen LogP contribution in [0.4, 0.5) is 0 Å². The molecule has 206 valence electrons. The number of amides is 1. The van der Waals surface area contributed by atoms with Crippen LogP contribution in [-0.2, 0) is 10.2 Å². The van der Waals surface area contributed by atoms with Crippen molar-refractivity contribution >= 4 is 39.8 Å². The first-order valence-electron chi connectivity index (χ1n) is 13.7. The second-order valence-corrected chi connectivity index (χ2v) is 11.8. The van der Waals surface area contributed by atoms with E-state index in [0.717, 1.165) is 29.2 Å². The molecular formula is C31H38N4O3S. The molecule has 4 rings (SSSR count). The van der Waals surface area contributed by atoms with E-state index in [2.05, 4.69) is 49.9 Å². The number of nitrogens with one attached hydrogen (secondary N) is 1. The molecular weight excluding hydrogens is 508 g/mol. The highest BCUT2D eigenvalue weighted by Crippen LogP contribution is 2.30. The second kappa shape index (κ2) is 13.1. The highest BCUT2D eigenvalue weighted by atomic mass is 32.2. The minimum atomic E-state index is -0.411. The van der Waals surface area contributed by atoms with E-state index < -0.39 is 5.91 Å². The number of fused-ring (bicyclic) bond motifs is 1. The van der Waals surface area contributed by atoms with Crippen LogP contribution in [0.5, 0.6) is 11.5 Å². The summed E-state index contributed by atoms with van der Waals surface area (Å²) >= 11 is 1.40. The third kappa shape index (κ3) is 7.82. The second-order valence-electron chi connectivity index (χ2n) is 10.7. The number of aliphatic imine (C=N–C) groups is 1. The van der Waals surface area contributed by atoms with Crippen molar-refractivity contribution in [3.8, 4) is 11.5 Å². The van der Waals surface area contributed by atoms with E-state index in [9.17, 15) is 4.79 Å². The summed E-state index contributed by atoms with van der Waals surface area (Å²) in [5.41, 5.74) is 2.40. The van der Waals surface area contributed by atoms with E-state index >= 15 is 0 Å². The minimum Gasteiger partial charge on any atom is -0.490 e. The van der Waals surface area contributed by atoms with Crippen LogP contribution in [0.1, 0.15) is 77.3 Å². The van der Waals surface area contributed by atoms with Crippen LogP contribution < -0.4 is 9.47 Å². The molecule has 7 nitrogen and oxygen atoms in total. The Kier molecular flexibility index (Phi) is 9.62. The number of hydrazone groups is 1. The van der Waals surface area contributed by atoms with Gasteiger partial charge < -0.3 is 9.47 Å². The molecule has 1 amide bonds. The minimum absolute atomic E-state index is 0.0616. The average Bonchev–Trinajstić information content (AvgIpc) is 3.32. The molecule has 0 saturated heterocycles. The van der Waals surface area contributed by atoms with Crippen molar-refractivity contribution in [1.82, 2.24) is 5.01 Å². The van der Waals surface area contributed by atoms with Crippen LogP contribution in [0.15, 0.2) is 64.2 Å². The molecule has 8 heteroatoms. The number of carbonyl (C=O) groups is 1. The topological polar surface area (TPSA) is 87.3 Å². The van der Waals surface area contributed by atoms with Gasteiger partial charge in [0, 0.05) is 0 Å². The number of thioether (sulfide) groups is 1. The summed E-state index contributed by atoms with van der Waals surface area (Å²) in [5, 5.41) is 16.0. The molecule has 0 bridgehead atoms. The Hall–Kier alpha value is -3.39. The van der Waals surface area contributed by atoms with E-state index in [0.29, 0.717) is 24.1 Å². The fourth-order valence-electron chi connectivity index (χ4n) is 4.21. The highest BCUT2D eigenvalue weighted by molar-refractivity contribution is 8.26. The largest absolute Gasteiger partial charge is 0.490 e. The molecule has 0 fully saturated rings. The normalized spacial score (nSPS) is 16.3. The Bertz CT molecular complexity index is 1260. The number of ether oxygens (including phenoxy) is 2. The van der Waals surface area contributed by atoms with Gasteiger partial charge in [0.2, 0.25) is 5.17 Å². The molecule has 0 aromatic heterocycles.